The molecule has 1 aromatic heterocycles. The zero-order valence-corrected chi connectivity index (χ0v) is 15.3. The molecule has 0 spiro atoms. The molecule has 0 saturated carbocycles. The highest BCUT2D eigenvalue weighted by atomic mass is 32.2. The number of piperidine rings is 1. The molecule has 1 aliphatic heterocycles. The highest BCUT2D eigenvalue weighted by Gasteiger charge is 2.32. The minimum absolute atomic E-state index is 0.159. The first-order chi connectivity index (χ1) is 12.3. The summed E-state index contributed by atoms with van der Waals surface area (Å²) in [4.78, 5) is 7.74. The summed E-state index contributed by atoms with van der Waals surface area (Å²) in [5.74, 6) is -0.705. The van der Waals surface area contributed by atoms with E-state index < -0.39 is 26.6 Å². The number of ether oxygens (including phenoxy) is 1. The third-order valence-corrected chi connectivity index (χ3v) is 6.06. The zero-order valence-electron chi connectivity index (χ0n) is 14.4. The van der Waals surface area contributed by atoms with Gasteiger partial charge in [-0.3, -0.25) is 0 Å². The van der Waals surface area contributed by atoms with E-state index >= 15 is 0 Å². The lowest BCUT2D eigenvalue weighted by Crippen LogP contribution is -2.42. The molecule has 1 aromatic carbocycles. The van der Waals surface area contributed by atoms with Gasteiger partial charge < -0.3 is 4.74 Å². The van der Waals surface area contributed by atoms with E-state index in [0.717, 1.165) is 22.1 Å². The van der Waals surface area contributed by atoms with E-state index in [1.54, 1.807) is 13.0 Å². The lowest BCUT2D eigenvalue weighted by atomic mass is 10.1. The third kappa shape index (κ3) is 3.99. The van der Waals surface area contributed by atoms with Crippen molar-refractivity contribution in [2.45, 2.75) is 37.7 Å². The molecule has 1 fully saturated rings. The number of hydrogen-bond donors (Lipinski definition) is 0. The van der Waals surface area contributed by atoms with Crippen LogP contribution in [0.15, 0.2) is 29.2 Å². The van der Waals surface area contributed by atoms with E-state index in [4.69, 9.17) is 4.74 Å². The van der Waals surface area contributed by atoms with Crippen molar-refractivity contribution in [3.8, 4) is 5.88 Å². The van der Waals surface area contributed by atoms with Crippen LogP contribution < -0.4 is 4.74 Å². The molecule has 9 heteroatoms. The van der Waals surface area contributed by atoms with E-state index in [1.165, 1.54) is 0 Å². The van der Waals surface area contributed by atoms with Crippen molar-refractivity contribution in [1.29, 1.82) is 0 Å². The minimum atomic E-state index is -4.09. The van der Waals surface area contributed by atoms with Crippen LogP contribution in [0.1, 0.15) is 24.4 Å². The fourth-order valence-electron chi connectivity index (χ4n) is 2.92. The Morgan fingerprint density at radius 2 is 1.81 bits per heavy atom. The summed E-state index contributed by atoms with van der Waals surface area (Å²) in [7, 11) is -4.09. The topological polar surface area (TPSA) is 72.4 Å². The van der Waals surface area contributed by atoms with Gasteiger partial charge in [-0.25, -0.2) is 22.2 Å². The zero-order chi connectivity index (χ0) is 18.9. The molecule has 0 bridgehead atoms. The predicted molar refractivity (Wildman–Crippen MR) is 90.3 cm³/mol. The van der Waals surface area contributed by atoms with Crippen molar-refractivity contribution in [2.24, 2.45) is 0 Å². The van der Waals surface area contributed by atoms with Crippen molar-refractivity contribution in [1.82, 2.24) is 14.3 Å². The molecular weight excluding hydrogens is 364 g/mol. The van der Waals surface area contributed by atoms with Crippen LogP contribution in [0.4, 0.5) is 8.78 Å². The molecule has 140 valence electrons. The molecule has 2 aromatic rings. The van der Waals surface area contributed by atoms with Gasteiger partial charge in [0.2, 0.25) is 15.9 Å². The van der Waals surface area contributed by atoms with Gasteiger partial charge in [0.25, 0.3) is 0 Å². The molecule has 0 unspecified atom stereocenters. The summed E-state index contributed by atoms with van der Waals surface area (Å²) in [5, 5.41) is 0. The van der Waals surface area contributed by atoms with Crippen LogP contribution in [0.3, 0.4) is 0 Å². The number of nitrogens with zero attached hydrogens (tertiary/aromatic N) is 3. The number of rotatable bonds is 4. The van der Waals surface area contributed by atoms with Crippen molar-refractivity contribution in [2.75, 3.05) is 13.1 Å². The second-order valence-corrected chi connectivity index (χ2v) is 8.10. The summed E-state index contributed by atoms with van der Waals surface area (Å²) < 4.78 is 59.3. The Hall–Kier alpha value is -2.13. The monoisotopic (exact) mass is 383 g/mol. The Bertz CT molecular complexity index is 893. The van der Waals surface area contributed by atoms with Crippen LogP contribution in [0.25, 0.3) is 0 Å². The van der Waals surface area contributed by atoms with Crippen molar-refractivity contribution in [3.63, 3.8) is 0 Å². The largest absolute Gasteiger partial charge is 0.474 e. The first-order valence-corrected chi connectivity index (χ1v) is 9.64. The normalized spacial score (nSPS) is 16.6. The maximum atomic E-state index is 13.8. The van der Waals surface area contributed by atoms with Gasteiger partial charge in [-0.15, -0.1) is 0 Å². The fourth-order valence-corrected chi connectivity index (χ4v) is 4.46. The molecular formula is C17H19F2N3O3S. The summed E-state index contributed by atoms with van der Waals surface area (Å²) >= 11 is 0. The molecule has 0 radical (unpaired) electrons. The van der Waals surface area contributed by atoms with E-state index in [2.05, 4.69) is 9.97 Å². The average Bonchev–Trinajstić information content (AvgIpc) is 2.56. The summed E-state index contributed by atoms with van der Waals surface area (Å²) in [5.41, 5.74) is 0.786. The minimum Gasteiger partial charge on any atom is -0.474 e. The van der Waals surface area contributed by atoms with Gasteiger partial charge in [-0.2, -0.15) is 9.29 Å². The van der Waals surface area contributed by atoms with Gasteiger partial charge >= 0.3 is 0 Å². The van der Waals surface area contributed by atoms with Crippen LogP contribution in [0.2, 0.25) is 0 Å². The maximum absolute atomic E-state index is 13.8. The van der Waals surface area contributed by atoms with Gasteiger partial charge in [-0.05, 0) is 44.9 Å². The number of sulfonamides is 1. The second-order valence-electron chi connectivity index (χ2n) is 6.19. The van der Waals surface area contributed by atoms with Crippen LogP contribution in [0.5, 0.6) is 5.88 Å². The smallest absolute Gasteiger partial charge is 0.246 e. The number of halogens is 2. The van der Waals surface area contributed by atoms with E-state index in [0.29, 0.717) is 30.6 Å². The van der Waals surface area contributed by atoms with Crippen molar-refractivity contribution < 1.29 is 21.9 Å². The second kappa shape index (κ2) is 7.24. The van der Waals surface area contributed by atoms with E-state index in [-0.39, 0.29) is 19.2 Å². The van der Waals surface area contributed by atoms with E-state index in [1.807, 2.05) is 6.92 Å². The van der Waals surface area contributed by atoms with Gasteiger partial charge in [0.15, 0.2) is 0 Å². The lowest BCUT2D eigenvalue weighted by molar-refractivity contribution is 0.129. The first kappa shape index (κ1) is 18.7. The van der Waals surface area contributed by atoms with Crippen molar-refractivity contribution in [3.05, 3.63) is 47.4 Å². The van der Waals surface area contributed by atoms with Gasteiger partial charge in [0.1, 0.15) is 28.5 Å². The standard InChI is InChI=1S/C17H19F2N3O3S/c1-11-9-17(21-12(2)20-11)25-14-5-7-22(8-6-14)26(23,24)16-10-13(18)3-4-15(16)19/h3-4,9-10,14H,5-8H2,1-2H3. The Balaban J connectivity index is 1.69. The first-order valence-electron chi connectivity index (χ1n) is 8.20. The molecule has 2 heterocycles. The van der Waals surface area contributed by atoms with Gasteiger partial charge in [0, 0.05) is 24.8 Å². The molecule has 26 heavy (non-hydrogen) atoms. The summed E-state index contributed by atoms with van der Waals surface area (Å²) in [6.07, 6.45) is 0.656. The Kier molecular flexibility index (Phi) is 5.19. The average molecular weight is 383 g/mol. The van der Waals surface area contributed by atoms with E-state index in [9.17, 15) is 17.2 Å². The highest BCUT2D eigenvalue weighted by Crippen LogP contribution is 2.25. The molecule has 6 nitrogen and oxygen atoms in total. The third-order valence-electron chi connectivity index (χ3n) is 4.14. The highest BCUT2D eigenvalue weighted by molar-refractivity contribution is 7.89. The SMILES string of the molecule is Cc1cc(OC2CCN(S(=O)(=O)c3cc(F)ccc3F)CC2)nc(C)n1. The molecule has 0 aliphatic carbocycles. The fraction of sp³-hybridized carbons (Fsp3) is 0.412. The Morgan fingerprint density at radius 1 is 1.12 bits per heavy atom. The number of aryl methyl sites for hydroxylation is 2. The van der Waals surface area contributed by atoms with Crippen LogP contribution in [-0.2, 0) is 10.0 Å². The summed E-state index contributed by atoms with van der Waals surface area (Å²) in [6, 6.07) is 4.13. The molecule has 1 saturated heterocycles. The van der Waals surface area contributed by atoms with Crippen LogP contribution in [-0.4, -0.2) is 41.9 Å². The number of benzene rings is 1. The van der Waals surface area contributed by atoms with Crippen molar-refractivity contribution >= 4 is 10.0 Å². The van der Waals surface area contributed by atoms with Gasteiger partial charge in [0.05, 0.1) is 0 Å². The molecule has 1 aliphatic rings. The number of hydrogen-bond acceptors (Lipinski definition) is 5. The Labute approximate surface area is 150 Å². The molecule has 0 N–H and O–H groups in total. The molecule has 0 atom stereocenters. The molecule has 0 amide bonds. The quantitative estimate of drug-likeness (QED) is 0.812. The van der Waals surface area contributed by atoms with Crippen LogP contribution >= 0.6 is 0 Å². The Morgan fingerprint density at radius 3 is 2.46 bits per heavy atom. The maximum Gasteiger partial charge on any atom is 0.246 e. The molecule has 3 rings (SSSR count). The lowest BCUT2D eigenvalue weighted by Gasteiger charge is -2.31. The summed E-state index contributed by atoms with van der Waals surface area (Å²) in [6.45, 7) is 3.92. The van der Waals surface area contributed by atoms with Gasteiger partial charge in [-0.1, -0.05) is 0 Å². The number of aromatic nitrogens is 2. The van der Waals surface area contributed by atoms with Crippen LogP contribution in [0, 0.1) is 25.5 Å². The predicted octanol–water partition coefficient (Wildman–Crippen LogP) is 2.60.